The summed E-state index contributed by atoms with van der Waals surface area (Å²) in [6, 6.07) is 0. The lowest BCUT2D eigenvalue weighted by Gasteiger charge is -2.33. The van der Waals surface area contributed by atoms with Gasteiger partial charge in [-0.2, -0.15) is 0 Å². The number of aliphatic hydroxyl groups is 1. The van der Waals surface area contributed by atoms with Crippen molar-refractivity contribution in [2.24, 2.45) is 0 Å². The first-order valence-corrected chi connectivity index (χ1v) is 9.13. The summed E-state index contributed by atoms with van der Waals surface area (Å²) < 4.78 is 21.9. The van der Waals surface area contributed by atoms with E-state index in [2.05, 4.69) is 0 Å². The first kappa shape index (κ1) is 20.5. The lowest BCUT2D eigenvalue weighted by atomic mass is 9.80. The molecule has 1 N–H and O–H groups in total. The van der Waals surface area contributed by atoms with E-state index in [0.717, 1.165) is 0 Å². The molecule has 1 saturated carbocycles. The zero-order chi connectivity index (χ0) is 20.9. The summed E-state index contributed by atoms with van der Waals surface area (Å²) in [5.74, 6) is -2.38. The predicted octanol–water partition coefficient (Wildman–Crippen LogP) is 0.365. The number of Topliss-reactive ketones (excluding diaryl/α,β-unsaturated/α-hetero) is 1. The van der Waals surface area contributed by atoms with Crippen molar-refractivity contribution in [3.63, 3.8) is 0 Å². The van der Waals surface area contributed by atoms with E-state index in [-0.39, 0.29) is 29.8 Å². The molecule has 0 aromatic rings. The van der Waals surface area contributed by atoms with Crippen molar-refractivity contribution in [2.45, 2.75) is 76.5 Å². The molecule has 1 aliphatic carbocycles. The van der Waals surface area contributed by atoms with Gasteiger partial charge in [0.15, 0.2) is 17.5 Å². The van der Waals surface area contributed by atoms with E-state index in [0.29, 0.717) is 6.42 Å². The quantitative estimate of drug-likeness (QED) is 0.408. The van der Waals surface area contributed by atoms with Crippen LogP contribution in [0.1, 0.15) is 47.0 Å². The maximum atomic E-state index is 12.9. The minimum absolute atomic E-state index is 0.0349. The lowest BCUT2D eigenvalue weighted by Crippen LogP contribution is -2.46. The highest BCUT2D eigenvalue weighted by Crippen LogP contribution is 2.49. The van der Waals surface area contributed by atoms with Crippen molar-refractivity contribution in [1.29, 1.82) is 0 Å². The third kappa shape index (κ3) is 3.56. The summed E-state index contributed by atoms with van der Waals surface area (Å²) in [6.07, 6.45) is -2.23. The Morgan fingerprint density at radius 1 is 1.21 bits per heavy atom. The molecule has 154 valence electrons. The summed E-state index contributed by atoms with van der Waals surface area (Å²) in [5.41, 5.74) is -2.07. The number of carbonyl (C=O) groups is 4. The highest BCUT2D eigenvalue weighted by molar-refractivity contribution is 5.94. The van der Waals surface area contributed by atoms with Crippen molar-refractivity contribution < 1.29 is 43.2 Å². The third-order valence-corrected chi connectivity index (χ3v) is 5.55. The molecule has 2 aliphatic heterocycles. The van der Waals surface area contributed by atoms with Crippen LogP contribution in [0.2, 0.25) is 0 Å². The number of carbonyl (C=O) groups excluding carboxylic acids is 4. The molecule has 9 nitrogen and oxygen atoms in total. The molecule has 2 fully saturated rings. The molecule has 5 atom stereocenters. The molecule has 28 heavy (non-hydrogen) atoms. The van der Waals surface area contributed by atoms with Gasteiger partial charge < -0.3 is 24.1 Å². The molecule has 9 heteroatoms. The van der Waals surface area contributed by atoms with Gasteiger partial charge in [0.1, 0.15) is 12.2 Å². The summed E-state index contributed by atoms with van der Waals surface area (Å²) in [4.78, 5) is 48.6. The number of fused-ring (bicyclic) bond motifs is 3. The molecule has 0 bridgehead atoms. The van der Waals surface area contributed by atoms with E-state index in [1.165, 1.54) is 20.8 Å². The summed E-state index contributed by atoms with van der Waals surface area (Å²) in [6.45, 7) is 4.99. The molecule has 3 rings (SSSR count). The summed E-state index contributed by atoms with van der Waals surface area (Å²) in [5, 5.41) is 9.71. The smallest absolute Gasteiger partial charge is 0.337 e. The molecule has 0 amide bonds. The molecule has 0 aromatic carbocycles. The van der Waals surface area contributed by atoms with Crippen LogP contribution in [0.3, 0.4) is 0 Å². The molecule has 1 unspecified atom stereocenters. The standard InChI is InChI=1S/C19H24O9/c1-9(21)25-12-7-19(4,27-10(2)22)13(23)5-6-18(3)16(28-18)15-14(12)11(8-20)17(24)26-15/h12,15-16,20H,5-8H2,1-4H3/t12-,15?,16-,18-,19-/m1/s1. The van der Waals surface area contributed by atoms with E-state index in [4.69, 9.17) is 18.9 Å². The van der Waals surface area contributed by atoms with Gasteiger partial charge in [0.05, 0.1) is 17.8 Å². The fraction of sp³-hybridized carbons (Fsp3) is 0.684. The van der Waals surface area contributed by atoms with E-state index >= 15 is 0 Å². The van der Waals surface area contributed by atoms with Crippen LogP contribution in [-0.4, -0.2) is 64.9 Å². The van der Waals surface area contributed by atoms with Crippen molar-refractivity contribution in [1.82, 2.24) is 0 Å². The van der Waals surface area contributed by atoms with E-state index in [1.54, 1.807) is 6.92 Å². The van der Waals surface area contributed by atoms with Crippen LogP contribution in [0.4, 0.5) is 0 Å². The number of rotatable bonds is 3. The predicted molar refractivity (Wildman–Crippen MR) is 91.9 cm³/mol. The fourth-order valence-corrected chi connectivity index (χ4v) is 4.06. The number of ether oxygens (including phenoxy) is 4. The number of hydrogen-bond acceptors (Lipinski definition) is 9. The molecule has 0 spiro atoms. The first-order valence-electron chi connectivity index (χ1n) is 9.13. The minimum Gasteiger partial charge on any atom is -0.458 e. The third-order valence-electron chi connectivity index (χ3n) is 5.55. The monoisotopic (exact) mass is 396 g/mol. The number of esters is 3. The topological polar surface area (TPSA) is 129 Å². The van der Waals surface area contributed by atoms with E-state index in [9.17, 15) is 24.3 Å². The minimum atomic E-state index is -1.58. The van der Waals surface area contributed by atoms with Gasteiger partial charge in [-0.1, -0.05) is 0 Å². The van der Waals surface area contributed by atoms with Crippen LogP contribution in [0, 0.1) is 0 Å². The summed E-state index contributed by atoms with van der Waals surface area (Å²) >= 11 is 0. The van der Waals surface area contributed by atoms with Crippen LogP contribution in [0.25, 0.3) is 0 Å². The largest absolute Gasteiger partial charge is 0.458 e. The van der Waals surface area contributed by atoms with Gasteiger partial charge in [-0.3, -0.25) is 14.4 Å². The molecule has 0 aromatic heterocycles. The van der Waals surface area contributed by atoms with Crippen LogP contribution >= 0.6 is 0 Å². The van der Waals surface area contributed by atoms with Crippen LogP contribution in [0.5, 0.6) is 0 Å². The van der Waals surface area contributed by atoms with Gasteiger partial charge in [0.2, 0.25) is 0 Å². The first-order chi connectivity index (χ1) is 13.0. The van der Waals surface area contributed by atoms with Crippen LogP contribution < -0.4 is 0 Å². The Kier molecular flexibility index (Phi) is 5.09. The number of hydrogen-bond donors (Lipinski definition) is 1. The second-order valence-corrected chi connectivity index (χ2v) is 7.82. The molecule has 1 saturated heterocycles. The Morgan fingerprint density at radius 2 is 1.89 bits per heavy atom. The van der Waals surface area contributed by atoms with Gasteiger partial charge in [-0.05, 0) is 20.3 Å². The Bertz CT molecular complexity index is 769. The fourth-order valence-electron chi connectivity index (χ4n) is 4.06. The molecular formula is C19H24O9. The van der Waals surface area contributed by atoms with E-state index < -0.39 is 54.0 Å². The second kappa shape index (κ2) is 6.97. The van der Waals surface area contributed by atoms with Gasteiger partial charge in [-0.25, -0.2) is 4.79 Å². The van der Waals surface area contributed by atoms with Gasteiger partial charge >= 0.3 is 17.9 Å². The Morgan fingerprint density at radius 3 is 2.46 bits per heavy atom. The average molecular weight is 396 g/mol. The van der Waals surface area contributed by atoms with E-state index in [1.807, 2.05) is 0 Å². The Balaban J connectivity index is 2.11. The molecule has 2 heterocycles. The second-order valence-electron chi connectivity index (χ2n) is 7.82. The summed E-state index contributed by atoms with van der Waals surface area (Å²) in [7, 11) is 0. The SMILES string of the molecule is CC(=O)O[C@@H]1C[C@@](C)(OC(C)=O)C(=O)CC[C@@]2(C)O[C@@H]2C2OC(=O)C(CO)=C21. The average Bonchev–Trinajstić information content (AvgIpc) is 3.12. The van der Waals surface area contributed by atoms with Gasteiger partial charge in [0, 0.05) is 32.3 Å². The number of aliphatic hydroxyl groups excluding tert-OH is 1. The van der Waals surface area contributed by atoms with Crippen LogP contribution in [-0.2, 0) is 38.1 Å². The highest BCUT2D eigenvalue weighted by Gasteiger charge is 2.63. The molecule has 0 radical (unpaired) electrons. The van der Waals surface area contributed by atoms with Gasteiger partial charge in [0.25, 0.3) is 0 Å². The Hall–Kier alpha value is -2.26. The van der Waals surface area contributed by atoms with Gasteiger partial charge in [-0.15, -0.1) is 0 Å². The zero-order valence-corrected chi connectivity index (χ0v) is 16.3. The molecular weight excluding hydrogens is 372 g/mol. The van der Waals surface area contributed by atoms with Crippen molar-refractivity contribution in [3.05, 3.63) is 11.1 Å². The zero-order valence-electron chi connectivity index (χ0n) is 16.3. The molecule has 3 aliphatic rings. The van der Waals surface area contributed by atoms with Crippen molar-refractivity contribution in [2.75, 3.05) is 6.61 Å². The number of epoxide rings is 1. The Labute approximate surface area is 161 Å². The highest BCUT2D eigenvalue weighted by atomic mass is 16.6. The van der Waals surface area contributed by atoms with Crippen molar-refractivity contribution in [3.8, 4) is 0 Å². The van der Waals surface area contributed by atoms with Crippen LogP contribution in [0.15, 0.2) is 11.1 Å². The lowest BCUT2D eigenvalue weighted by molar-refractivity contribution is -0.169. The maximum Gasteiger partial charge on any atom is 0.337 e. The van der Waals surface area contributed by atoms with Crippen molar-refractivity contribution >= 4 is 23.7 Å². The number of ketones is 1. The maximum absolute atomic E-state index is 12.9. The normalized spacial score (nSPS) is 37.5.